The molecule has 21 heavy (non-hydrogen) atoms. The van der Waals surface area contributed by atoms with Crippen LogP contribution in [0.3, 0.4) is 0 Å². The van der Waals surface area contributed by atoms with Gasteiger partial charge in [-0.2, -0.15) is 12.6 Å². The molecule has 0 saturated carbocycles. The highest BCUT2D eigenvalue weighted by Gasteiger charge is 2.17. The Balaban J connectivity index is 2.51. The lowest BCUT2D eigenvalue weighted by Gasteiger charge is -2.12. The summed E-state index contributed by atoms with van der Waals surface area (Å²) in [6.45, 7) is -0.411. The van der Waals surface area contributed by atoms with E-state index in [4.69, 9.17) is 4.74 Å². The minimum Gasteiger partial charge on any atom is -0.490 e. The number of benzene rings is 2. The molecule has 0 aliphatic heterocycles. The van der Waals surface area contributed by atoms with Gasteiger partial charge in [-0.25, -0.2) is 17.5 Å². The van der Waals surface area contributed by atoms with E-state index in [1.54, 1.807) is 30.3 Å². The Morgan fingerprint density at radius 2 is 1.86 bits per heavy atom. The first-order valence-corrected chi connectivity index (χ1v) is 8.53. The van der Waals surface area contributed by atoms with Gasteiger partial charge in [-0.15, -0.1) is 0 Å². The number of fused-ring (bicyclic) bond motifs is 1. The van der Waals surface area contributed by atoms with Crippen molar-refractivity contribution in [2.24, 2.45) is 0 Å². The summed E-state index contributed by atoms with van der Waals surface area (Å²) in [4.78, 5) is 0.174. The van der Waals surface area contributed by atoms with E-state index in [2.05, 4.69) is 17.4 Å². The molecule has 2 aromatic carbocycles. The first-order chi connectivity index (χ1) is 10.1. The number of alkyl halides is 1. The van der Waals surface area contributed by atoms with E-state index in [1.165, 1.54) is 6.07 Å². The van der Waals surface area contributed by atoms with Crippen LogP contribution in [0.4, 0.5) is 4.39 Å². The molecule has 0 radical (unpaired) electrons. The van der Waals surface area contributed by atoms with Crippen LogP contribution in [0.5, 0.6) is 5.75 Å². The van der Waals surface area contributed by atoms with Crippen LogP contribution in [0.2, 0.25) is 0 Å². The molecule has 0 aliphatic rings. The zero-order valence-electron chi connectivity index (χ0n) is 11.3. The third kappa shape index (κ3) is 3.66. The molecule has 1 N–H and O–H groups in total. The van der Waals surface area contributed by atoms with Crippen molar-refractivity contribution in [3.63, 3.8) is 0 Å². The van der Waals surface area contributed by atoms with Crippen LogP contribution in [0.15, 0.2) is 41.3 Å². The number of hydrogen-bond donors (Lipinski definition) is 2. The lowest BCUT2D eigenvalue weighted by molar-refractivity contribution is 0.276. The fraction of sp³-hybridized carbons (Fsp3) is 0.286. The SMILES string of the molecule is O=S(=O)(NCCS)c1cccc2c(OCCF)cccc12. The number of nitrogens with one attached hydrogen (secondary N) is 1. The summed E-state index contributed by atoms with van der Waals surface area (Å²) in [5, 5.41) is 1.18. The van der Waals surface area contributed by atoms with Crippen molar-refractivity contribution >= 4 is 33.4 Å². The van der Waals surface area contributed by atoms with Crippen molar-refractivity contribution in [2.75, 3.05) is 25.6 Å². The van der Waals surface area contributed by atoms with E-state index < -0.39 is 16.7 Å². The maximum absolute atomic E-state index is 12.3. The molecule has 0 fully saturated rings. The van der Waals surface area contributed by atoms with Crippen LogP contribution < -0.4 is 9.46 Å². The zero-order valence-corrected chi connectivity index (χ0v) is 13.0. The molecule has 0 unspecified atom stereocenters. The Morgan fingerprint density at radius 3 is 2.57 bits per heavy atom. The number of sulfonamides is 1. The van der Waals surface area contributed by atoms with Gasteiger partial charge in [0.25, 0.3) is 0 Å². The molecule has 0 heterocycles. The zero-order chi connectivity index (χ0) is 15.3. The maximum Gasteiger partial charge on any atom is 0.241 e. The lowest BCUT2D eigenvalue weighted by Crippen LogP contribution is -2.25. The Hall–Kier alpha value is -1.31. The summed E-state index contributed by atoms with van der Waals surface area (Å²) >= 11 is 3.99. The third-order valence-corrected chi connectivity index (χ3v) is 4.61. The average Bonchev–Trinajstić information content (AvgIpc) is 2.50. The third-order valence-electron chi connectivity index (χ3n) is 2.87. The van der Waals surface area contributed by atoms with E-state index in [-0.39, 0.29) is 18.0 Å². The Kier molecular flexibility index (Phi) is 5.44. The minimum absolute atomic E-state index is 0.0615. The van der Waals surface area contributed by atoms with Crippen LogP contribution in [-0.2, 0) is 10.0 Å². The molecule has 4 nitrogen and oxygen atoms in total. The monoisotopic (exact) mass is 329 g/mol. The summed E-state index contributed by atoms with van der Waals surface area (Å²) in [5.74, 6) is 0.880. The van der Waals surface area contributed by atoms with Gasteiger partial charge in [0.2, 0.25) is 10.0 Å². The molecule has 2 rings (SSSR count). The van der Waals surface area contributed by atoms with Gasteiger partial charge in [0, 0.05) is 23.1 Å². The van der Waals surface area contributed by atoms with Gasteiger partial charge in [-0.3, -0.25) is 0 Å². The van der Waals surface area contributed by atoms with Crippen molar-refractivity contribution < 1.29 is 17.5 Å². The van der Waals surface area contributed by atoms with E-state index in [9.17, 15) is 12.8 Å². The highest BCUT2D eigenvalue weighted by Crippen LogP contribution is 2.30. The average molecular weight is 329 g/mol. The fourth-order valence-corrected chi connectivity index (χ4v) is 3.53. The molecule has 7 heteroatoms. The van der Waals surface area contributed by atoms with Crippen LogP contribution in [0, 0.1) is 0 Å². The van der Waals surface area contributed by atoms with Gasteiger partial charge in [0.1, 0.15) is 19.0 Å². The molecule has 0 saturated heterocycles. The number of halogens is 1. The minimum atomic E-state index is -3.61. The predicted molar refractivity (Wildman–Crippen MR) is 84.5 cm³/mol. The number of rotatable bonds is 7. The summed E-state index contributed by atoms with van der Waals surface area (Å²) in [7, 11) is -3.61. The molecule has 2 aromatic rings. The second-order valence-electron chi connectivity index (χ2n) is 4.27. The lowest BCUT2D eigenvalue weighted by atomic mass is 10.1. The van der Waals surface area contributed by atoms with Gasteiger partial charge in [0.05, 0.1) is 4.90 Å². The van der Waals surface area contributed by atoms with Gasteiger partial charge >= 0.3 is 0 Å². The van der Waals surface area contributed by atoms with E-state index in [0.29, 0.717) is 22.3 Å². The van der Waals surface area contributed by atoms with Crippen molar-refractivity contribution in [1.29, 1.82) is 0 Å². The fourth-order valence-electron chi connectivity index (χ4n) is 2.02. The number of ether oxygens (including phenoxy) is 1. The van der Waals surface area contributed by atoms with Gasteiger partial charge in [-0.1, -0.05) is 24.3 Å². The molecule has 0 spiro atoms. The summed E-state index contributed by atoms with van der Waals surface area (Å²) in [6, 6.07) is 10.00. The summed E-state index contributed by atoms with van der Waals surface area (Å²) in [5.41, 5.74) is 0. The topological polar surface area (TPSA) is 55.4 Å². The Morgan fingerprint density at radius 1 is 1.14 bits per heavy atom. The second kappa shape index (κ2) is 7.11. The smallest absolute Gasteiger partial charge is 0.241 e. The molecule has 0 bridgehead atoms. The van der Waals surface area contributed by atoms with Crippen molar-refractivity contribution in [3.05, 3.63) is 36.4 Å². The molecule has 114 valence electrons. The standard InChI is InChI=1S/C14H16FNO3S2/c15-7-9-19-13-5-1-4-12-11(13)3-2-6-14(12)21(17,18)16-8-10-20/h1-6,16,20H,7-10H2. The van der Waals surface area contributed by atoms with Crippen LogP contribution in [0.1, 0.15) is 0 Å². The molecule has 0 aliphatic carbocycles. The van der Waals surface area contributed by atoms with Crippen molar-refractivity contribution in [1.82, 2.24) is 4.72 Å². The maximum atomic E-state index is 12.3. The van der Waals surface area contributed by atoms with Gasteiger partial charge < -0.3 is 4.74 Å². The normalized spacial score (nSPS) is 11.7. The van der Waals surface area contributed by atoms with E-state index in [0.717, 1.165) is 0 Å². The number of thiol groups is 1. The van der Waals surface area contributed by atoms with E-state index in [1.807, 2.05) is 0 Å². The highest BCUT2D eigenvalue weighted by atomic mass is 32.2. The summed E-state index contributed by atoms with van der Waals surface area (Å²) in [6.07, 6.45) is 0. The van der Waals surface area contributed by atoms with Gasteiger partial charge in [-0.05, 0) is 12.1 Å². The molecule has 0 aromatic heterocycles. The first-order valence-electron chi connectivity index (χ1n) is 6.41. The van der Waals surface area contributed by atoms with E-state index >= 15 is 0 Å². The molecule has 0 amide bonds. The first kappa shape index (κ1) is 16.1. The molecular formula is C14H16FNO3S2. The van der Waals surface area contributed by atoms with Crippen LogP contribution >= 0.6 is 12.6 Å². The largest absolute Gasteiger partial charge is 0.490 e. The van der Waals surface area contributed by atoms with Crippen molar-refractivity contribution in [3.8, 4) is 5.75 Å². The number of hydrogen-bond acceptors (Lipinski definition) is 4. The quantitative estimate of drug-likeness (QED) is 0.767. The van der Waals surface area contributed by atoms with Crippen LogP contribution in [0.25, 0.3) is 10.8 Å². The Bertz CT molecular complexity index is 719. The molecule has 0 atom stereocenters. The highest BCUT2D eigenvalue weighted by molar-refractivity contribution is 7.89. The van der Waals surface area contributed by atoms with Crippen molar-refractivity contribution in [2.45, 2.75) is 4.90 Å². The molecular weight excluding hydrogens is 313 g/mol. The second-order valence-corrected chi connectivity index (χ2v) is 6.45. The van der Waals surface area contributed by atoms with Gasteiger partial charge in [0.15, 0.2) is 0 Å². The summed E-state index contributed by atoms with van der Waals surface area (Å²) < 4.78 is 44.6. The predicted octanol–water partition coefficient (Wildman–Crippen LogP) is 2.40. The van der Waals surface area contributed by atoms with Crippen LogP contribution in [-0.4, -0.2) is 34.0 Å². The Labute approximate surface area is 128 Å².